The molecule has 0 saturated carbocycles. The van der Waals surface area contributed by atoms with Crippen LogP contribution in [0, 0.1) is 0 Å². The number of thiophene rings is 1. The number of fused-ring (bicyclic) bond motifs is 9. The average Bonchev–Trinajstić information content (AvgIpc) is 3.49. The Morgan fingerprint density at radius 1 is 0.417 bits per heavy atom. The standard InChI is InChI=1S/C34H21NS/c1-2-8-22(9-3-1)23-14-17-25(18-15-23)35-28-13-7-6-12-27(28)32-29(35)19-21-31-34(32)33-26-11-5-4-10-24(26)16-20-30(33)36-31/h1-21H. The Hall–Kier alpha value is -4.40. The zero-order valence-electron chi connectivity index (χ0n) is 19.5. The Kier molecular flexibility index (Phi) is 4.16. The zero-order valence-corrected chi connectivity index (χ0v) is 20.3. The maximum Gasteiger partial charge on any atom is 0.0548 e. The number of aromatic nitrogens is 1. The lowest BCUT2D eigenvalue weighted by Gasteiger charge is -2.09. The first-order valence-electron chi connectivity index (χ1n) is 12.3. The van der Waals surface area contributed by atoms with E-state index < -0.39 is 0 Å². The minimum atomic E-state index is 1.18. The van der Waals surface area contributed by atoms with Gasteiger partial charge in [0.25, 0.3) is 0 Å². The van der Waals surface area contributed by atoms with E-state index in [1.54, 1.807) is 0 Å². The third kappa shape index (κ3) is 2.76. The van der Waals surface area contributed by atoms with E-state index in [-0.39, 0.29) is 0 Å². The number of rotatable bonds is 2. The number of benzene rings is 6. The molecule has 1 nitrogen and oxygen atoms in total. The summed E-state index contributed by atoms with van der Waals surface area (Å²) in [6.45, 7) is 0. The summed E-state index contributed by atoms with van der Waals surface area (Å²) in [5.41, 5.74) is 6.16. The summed E-state index contributed by atoms with van der Waals surface area (Å²) < 4.78 is 5.12. The fourth-order valence-electron chi connectivity index (χ4n) is 5.80. The van der Waals surface area contributed by atoms with Crippen LogP contribution < -0.4 is 0 Å². The van der Waals surface area contributed by atoms with Gasteiger partial charge in [-0.3, -0.25) is 0 Å². The summed E-state index contributed by atoms with van der Waals surface area (Å²) >= 11 is 1.90. The Morgan fingerprint density at radius 2 is 1.08 bits per heavy atom. The molecule has 0 atom stereocenters. The molecule has 0 saturated heterocycles. The Morgan fingerprint density at radius 3 is 1.94 bits per heavy atom. The molecule has 0 spiro atoms. The van der Waals surface area contributed by atoms with Crippen LogP contribution >= 0.6 is 11.3 Å². The summed E-state index contributed by atoms with van der Waals surface area (Å²) in [5.74, 6) is 0. The lowest BCUT2D eigenvalue weighted by atomic mass is 10.0. The van der Waals surface area contributed by atoms with Crippen LogP contribution in [0.5, 0.6) is 0 Å². The second kappa shape index (κ2) is 7.55. The molecule has 0 aliphatic heterocycles. The number of para-hydroxylation sites is 1. The van der Waals surface area contributed by atoms with Crippen LogP contribution in [-0.2, 0) is 0 Å². The molecule has 0 bridgehead atoms. The van der Waals surface area contributed by atoms with Crippen molar-refractivity contribution in [2.24, 2.45) is 0 Å². The molecule has 168 valence electrons. The SMILES string of the molecule is c1ccc(-c2ccc(-n3c4ccccc4c4c5c(ccc43)sc3ccc4ccccc4c35)cc2)cc1. The summed E-state index contributed by atoms with van der Waals surface area (Å²) in [6, 6.07) is 46.3. The van der Waals surface area contributed by atoms with Gasteiger partial charge in [-0.25, -0.2) is 0 Å². The molecular formula is C34H21NS. The molecule has 0 radical (unpaired) electrons. The highest BCUT2D eigenvalue weighted by Crippen LogP contribution is 2.45. The highest BCUT2D eigenvalue weighted by molar-refractivity contribution is 7.26. The third-order valence-corrected chi connectivity index (χ3v) is 8.51. The minimum Gasteiger partial charge on any atom is -0.309 e. The molecule has 2 heterocycles. The molecule has 0 aliphatic rings. The quantitative estimate of drug-likeness (QED) is 0.234. The van der Waals surface area contributed by atoms with Crippen molar-refractivity contribution in [3.63, 3.8) is 0 Å². The predicted molar refractivity (Wildman–Crippen MR) is 157 cm³/mol. The highest BCUT2D eigenvalue weighted by Gasteiger charge is 2.18. The molecule has 0 aliphatic carbocycles. The highest BCUT2D eigenvalue weighted by atomic mass is 32.1. The van der Waals surface area contributed by atoms with Gasteiger partial charge in [-0.15, -0.1) is 11.3 Å². The molecule has 0 N–H and O–H groups in total. The van der Waals surface area contributed by atoms with Gasteiger partial charge in [0.2, 0.25) is 0 Å². The summed E-state index contributed by atoms with van der Waals surface area (Å²) in [5, 5.41) is 8.02. The zero-order chi connectivity index (χ0) is 23.6. The van der Waals surface area contributed by atoms with E-state index in [9.17, 15) is 0 Å². The van der Waals surface area contributed by atoms with Crippen molar-refractivity contribution in [3.8, 4) is 16.8 Å². The summed E-state index contributed by atoms with van der Waals surface area (Å²) in [7, 11) is 0. The molecule has 2 aromatic heterocycles. The lowest BCUT2D eigenvalue weighted by molar-refractivity contribution is 1.18. The normalized spacial score (nSPS) is 11.9. The van der Waals surface area contributed by atoms with Gasteiger partial charge in [0.05, 0.1) is 11.0 Å². The van der Waals surface area contributed by atoms with Crippen molar-refractivity contribution in [1.29, 1.82) is 0 Å². The van der Waals surface area contributed by atoms with E-state index >= 15 is 0 Å². The Balaban J connectivity index is 1.48. The third-order valence-electron chi connectivity index (χ3n) is 7.39. The molecule has 36 heavy (non-hydrogen) atoms. The first-order valence-corrected chi connectivity index (χ1v) is 13.1. The summed E-state index contributed by atoms with van der Waals surface area (Å²) in [6.07, 6.45) is 0. The van der Waals surface area contributed by atoms with Gasteiger partial charge in [0, 0.05) is 36.6 Å². The topological polar surface area (TPSA) is 4.93 Å². The largest absolute Gasteiger partial charge is 0.309 e. The van der Waals surface area contributed by atoms with Crippen LogP contribution in [0.3, 0.4) is 0 Å². The van der Waals surface area contributed by atoms with Crippen molar-refractivity contribution >= 4 is 64.1 Å². The summed E-state index contributed by atoms with van der Waals surface area (Å²) in [4.78, 5) is 0. The fourth-order valence-corrected chi connectivity index (χ4v) is 6.93. The van der Waals surface area contributed by atoms with Gasteiger partial charge < -0.3 is 4.57 Å². The Bertz CT molecular complexity index is 2080. The molecule has 6 aromatic carbocycles. The van der Waals surface area contributed by atoms with Gasteiger partial charge in [-0.1, -0.05) is 91.0 Å². The second-order valence-corrected chi connectivity index (χ2v) is 10.4. The monoisotopic (exact) mass is 475 g/mol. The van der Waals surface area contributed by atoms with Crippen LogP contribution in [-0.4, -0.2) is 4.57 Å². The second-order valence-electron chi connectivity index (χ2n) is 9.36. The first-order chi connectivity index (χ1) is 17.9. The number of hydrogen-bond acceptors (Lipinski definition) is 1. The van der Waals surface area contributed by atoms with Crippen LogP contribution in [0.4, 0.5) is 0 Å². The van der Waals surface area contributed by atoms with Gasteiger partial charge in [0.1, 0.15) is 0 Å². The van der Waals surface area contributed by atoms with E-state index in [1.807, 2.05) is 11.3 Å². The predicted octanol–water partition coefficient (Wildman–Crippen LogP) is 9.97. The maximum atomic E-state index is 2.42. The molecule has 0 fully saturated rings. The fraction of sp³-hybridized carbons (Fsp3) is 0. The molecule has 2 heteroatoms. The lowest BCUT2D eigenvalue weighted by Crippen LogP contribution is -1.93. The van der Waals surface area contributed by atoms with E-state index in [0.29, 0.717) is 0 Å². The molecule has 0 unspecified atom stereocenters. The van der Waals surface area contributed by atoms with Crippen LogP contribution in [0.1, 0.15) is 0 Å². The van der Waals surface area contributed by atoms with Crippen LogP contribution in [0.25, 0.3) is 69.6 Å². The first kappa shape index (κ1) is 19.9. The maximum absolute atomic E-state index is 2.42. The number of nitrogens with zero attached hydrogens (tertiary/aromatic N) is 1. The molecule has 8 aromatic rings. The minimum absolute atomic E-state index is 1.18. The van der Waals surface area contributed by atoms with Crippen molar-refractivity contribution in [1.82, 2.24) is 4.57 Å². The van der Waals surface area contributed by atoms with Crippen molar-refractivity contribution in [2.45, 2.75) is 0 Å². The van der Waals surface area contributed by atoms with Crippen LogP contribution in [0.2, 0.25) is 0 Å². The van der Waals surface area contributed by atoms with Gasteiger partial charge in [-0.05, 0) is 58.3 Å². The molecule has 8 rings (SSSR count). The van der Waals surface area contributed by atoms with Crippen molar-refractivity contribution in [3.05, 3.63) is 127 Å². The van der Waals surface area contributed by atoms with Gasteiger partial charge >= 0.3 is 0 Å². The van der Waals surface area contributed by atoms with Crippen molar-refractivity contribution < 1.29 is 0 Å². The van der Waals surface area contributed by atoms with Gasteiger partial charge in [-0.2, -0.15) is 0 Å². The number of hydrogen-bond donors (Lipinski definition) is 0. The molecule has 0 amide bonds. The van der Waals surface area contributed by atoms with E-state index in [2.05, 4.69) is 132 Å². The smallest absolute Gasteiger partial charge is 0.0548 e. The van der Waals surface area contributed by atoms with Crippen molar-refractivity contribution in [2.75, 3.05) is 0 Å². The average molecular weight is 476 g/mol. The molecular weight excluding hydrogens is 454 g/mol. The van der Waals surface area contributed by atoms with Gasteiger partial charge in [0.15, 0.2) is 0 Å². The van der Waals surface area contributed by atoms with E-state index in [0.717, 1.165) is 0 Å². The van der Waals surface area contributed by atoms with E-state index in [1.165, 1.54) is 69.6 Å². The van der Waals surface area contributed by atoms with E-state index in [4.69, 9.17) is 0 Å². The Labute approximate surface area is 212 Å². The van der Waals surface area contributed by atoms with Crippen LogP contribution in [0.15, 0.2) is 127 Å².